The summed E-state index contributed by atoms with van der Waals surface area (Å²) in [4.78, 5) is 12.1. The lowest BCUT2D eigenvalue weighted by molar-refractivity contribution is 0.0939. The monoisotopic (exact) mass is 288 g/mol. The van der Waals surface area contributed by atoms with Crippen LogP contribution in [0, 0.1) is 17.8 Å². The first-order valence-corrected chi connectivity index (χ1v) is 8.17. The molecular weight excluding hydrogens is 260 g/mol. The molecule has 3 heteroatoms. The predicted octanol–water partition coefficient (Wildman–Crippen LogP) is 3.34. The molecule has 0 bridgehead atoms. The Hall–Kier alpha value is -1.35. The summed E-state index contributed by atoms with van der Waals surface area (Å²) < 4.78 is 0. The molecule has 0 saturated heterocycles. The van der Waals surface area contributed by atoms with Crippen LogP contribution in [0.1, 0.15) is 55.5 Å². The average Bonchev–Trinajstić information content (AvgIpc) is 2.53. The Bertz CT molecular complexity index is 445. The highest BCUT2D eigenvalue weighted by Crippen LogP contribution is 2.32. The number of amides is 1. The maximum atomic E-state index is 12.1. The molecule has 0 spiro atoms. The molecule has 2 rings (SSSR count). The fourth-order valence-corrected chi connectivity index (χ4v) is 3.19. The van der Waals surface area contributed by atoms with E-state index in [1.165, 1.54) is 25.7 Å². The Morgan fingerprint density at radius 2 is 1.81 bits per heavy atom. The summed E-state index contributed by atoms with van der Waals surface area (Å²) in [7, 11) is 0. The Balaban J connectivity index is 1.76. The second-order valence-electron chi connectivity index (χ2n) is 6.64. The molecule has 0 heterocycles. The van der Waals surface area contributed by atoms with E-state index in [2.05, 4.69) is 19.2 Å². The molecule has 1 aliphatic rings. The number of nitrogens with one attached hydrogen (secondary N) is 1. The molecule has 1 amide bonds. The summed E-state index contributed by atoms with van der Waals surface area (Å²) in [6, 6.07) is 7.55. The minimum atomic E-state index is 0.0320. The molecule has 0 radical (unpaired) electrons. The number of hydrogen-bond donors (Lipinski definition) is 2. The van der Waals surface area contributed by atoms with Crippen molar-refractivity contribution in [2.45, 2.75) is 46.1 Å². The number of carbonyl (C=O) groups is 1. The zero-order valence-electron chi connectivity index (χ0n) is 13.3. The predicted molar refractivity (Wildman–Crippen MR) is 87.0 cm³/mol. The lowest BCUT2D eigenvalue weighted by Crippen LogP contribution is -2.31. The number of benzene rings is 1. The van der Waals surface area contributed by atoms with Crippen LogP contribution in [0.15, 0.2) is 24.3 Å². The van der Waals surface area contributed by atoms with Crippen molar-refractivity contribution in [3.8, 4) is 0 Å². The summed E-state index contributed by atoms with van der Waals surface area (Å²) in [5.74, 6) is 2.35. The quantitative estimate of drug-likeness (QED) is 0.873. The molecule has 21 heavy (non-hydrogen) atoms. The van der Waals surface area contributed by atoms with Crippen LogP contribution in [0.2, 0.25) is 0 Å². The van der Waals surface area contributed by atoms with E-state index in [1.807, 2.05) is 24.3 Å². The van der Waals surface area contributed by atoms with Gasteiger partial charge in [-0.05, 0) is 61.1 Å². The summed E-state index contributed by atoms with van der Waals surface area (Å²) in [5, 5.41) is 3.08. The number of rotatable bonds is 5. The molecule has 1 saturated carbocycles. The molecule has 3 N–H and O–H groups in total. The van der Waals surface area contributed by atoms with Gasteiger partial charge in [-0.15, -0.1) is 0 Å². The van der Waals surface area contributed by atoms with Gasteiger partial charge < -0.3 is 11.1 Å². The maximum absolute atomic E-state index is 12.1. The van der Waals surface area contributed by atoms with Gasteiger partial charge in [0.15, 0.2) is 0 Å². The molecule has 1 fully saturated rings. The van der Waals surface area contributed by atoms with Crippen molar-refractivity contribution in [2.24, 2.45) is 23.5 Å². The Labute approximate surface area is 128 Å². The minimum absolute atomic E-state index is 0.0320. The molecule has 0 aromatic heterocycles. The van der Waals surface area contributed by atoms with Crippen molar-refractivity contribution in [3.05, 3.63) is 35.4 Å². The largest absolute Gasteiger partial charge is 0.352 e. The average molecular weight is 288 g/mol. The van der Waals surface area contributed by atoms with E-state index in [1.54, 1.807) is 0 Å². The molecule has 0 unspecified atom stereocenters. The van der Waals surface area contributed by atoms with E-state index < -0.39 is 0 Å². The molecule has 3 nitrogen and oxygen atoms in total. The van der Waals surface area contributed by atoms with Crippen LogP contribution in [0.25, 0.3) is 0 Å². The van der Waals surface area contributed by atoms with E-state index >= 15 is 0 Å². The van der Waals surface area contributed by atoms with Crippen LogP contribution in [-0.2, 0) is 6.54 Å². The van der Waals surface area contributed by atoms with Crippen molar-refractivity contribution >= 4 is 5.91 Å². The Morgan fingerprint density at radius 1 is 1.19 bits per heavy atom. The number of hydrogen-bond acceptors (Lipinski definition) is 2. The van der Waals surface area contributed by atoms with Crippen molar-refractivity contribution in [3.63, 3.8) is 0 Å². The lowest BCUT2D eigenvalue weighted by Gasteiger charge is -2.30. The van der Waals surface area contributed by atoms with Gasteiger partial charge in [-0.1, -0.05) is 26.0 Å². The highest BCUT2D eigenvalue weighted by Gasteiger charge is 2.23. The van der Waals surface area contributed by atoms with Gasteiger partial charge in [0, 0.05) is 18.7 Å². The highest BCUT2D eigenvalue weighted by atomic mass is 16.1. The standard InChI is InChI=1S/C18H28N2O/c1-13(2)16-7-5-15(6-8-16)12-20-18(21)17-9-3-14(11-19)4-10-17/h3-4,9-10,13,15-16H,5-8,11-12,19H2,1-2H3,(H,20,21). The zero-order chi connectivity index (χ0) is 15.2. The van der Waals surface area contributed by atoms with Gasteiger partial charge in [-0.3, -0.25) is 4.79 Å². The van der Waals surface area contributed by atoms with Gasteiger partial charge in [-0.2, -0.15) is 0 Å². The van der Waals surface area contributed by atoms with Crippen molar-refractivity contribution in [1.29, 1.82) is 0 Å². The molecular formula is C18H28N2O. The first kappa shape index (κ1) is 16.0. The fraction of sp³-hybridized carbons (Fsp3) is 0.611. The third-order valence-corrected chi connectivity index (χ3v) is 4.84. The van der Waals surface area contributed by atoms with Gasteiger partial charge >= 0.3 is 0 Å². The molecule has 1 aromatic rings. The molecule has 0 atom stereocenters. The Kier molecular flexibility index (Phi) is 5.80. The summed E-state index contributed by atoms with van der Waals surface area (Å²) >= 11 is 0. The molecule has 116 valence electrons. The van der Waals surface area contributed by atoms with Crippen LogP contribution in [0.3, 0.4) is 0 Å². The van der Waals surface area contributed by atoms with Crippen LogP contribution in [0.4, 0.5) is 0 Å². The van der Waals surface area contributed by atoms with Crippen LogP contribution >= 0.6 is 0 Å². The fourth-order valence-electron chi connectivity index (χ4n) is 3.19. The first-order chi connectivity index (χ1) is 10.1. The van der Waals surface area contributed by atoms with E-state index in [0.29, 0.717) is 12.5 Å². The zero-order valence-corrected chi connectivity index (χ0v) is 13.3. The molecule has 1 aliphatic carbocycles. The van der Waals surface area contributed by atoms with Crippen molar-refractivity contribution < 1.29 is 4.79 Å². The van der Waals surface area contributed by atoms with Crippen LogP contribution in [0.5, 0.6) is 0 Å². The molecule has 0 aliphatic heterocycles. The summed E-state index contributed by atoms with van der Waals surface area (Å²) in [6.07, 6.45) is 5.11. The number of carbonyl (C=O) groups excluding carboxylic acids is 1. The van der Waals surface area contributed by atoms with Gasteiger partial charge in [0.05, 0.1) is 0 Å². The second-order valence-corrected chi connectivity index (χ2v) is 6.64. The lowest BCUT2D eigenvalue weighted by atomic mass is 9.77. The van der Waals surface area contributed by atoms with Gasteiger partial charge in [0.1, 0.15) is 0 Å². The van der Waals surface area contributed by atoms with Crippen LogP contribution < -0.4 is 11.1 Å². The SMILES string of the molecule is CC(C)C1CCC(CNC(=O)c2ccc(CN)cc2)CC1. The Morgan fingerprint density at radius 3 is 2.33 bits per heavy atom. The third-order valence-electron chi connectivity index (χ3n) is 4.84. The summed E-state index contributed by atoms with van der Waals surface area (Å²) in [6.45, 7) is 5.96. The van der Waals surface area contributed by atoms with Gasteiger partial charge in [-0.25, -0.2) is 0 Å². The van der Waals surface area contributed by atoms with E-state index in [-0.39, 0.29) is 5.91 Å². The second kappa shape index (κ2) is 7.60. The van der Waals surface area contributed by atoms with Gasteiger partial charge in [0.25, 0.3) is 5.91 Å². The summed E-state index contributed by atoms with van der Waals surface area (Å²) in [5.41, 5.74) is 7.34. The minimum Gasteiger partial charge on any atom is -0.352 e. The van der Waals surface area contributed by atoms with E-state index in [4.69, 9.17) is 5.73 Å². The van der Waals surface area contributed by atoms with Crippen molar-refractivity contribution in [1.82, 2.24) is 5.32 Å². The highest BCUT2D eigenvalue weighted by molar-refractivity contribution is 5.94. The maximum Gasteiger partial charge on any atom is 0.251 e. The molecule has 1 aromatic carbocycles. The normalized spacial score (nSPS) is 22.3. The third kappa shape index (κ3) is 4.57. The van der Waals surface area contributed by atoms with E-state index in [9.17, 15) is 4.79 Å². The topological polar surface area (TPSA) is 55.1 Å². The first-order valence-electron chi connectivity index (χ1n) is 8.17. The van der Waals surface area contributed by atoms with E-state index in [0.717, 1.165) is 29.5 Å². The smallest absolute Gasteiger partial charge is 0.251 e. The van der Waals surface area contributed by atoms with Crippen molar-refractivity contribution in [2.75, 3.05) is 6.54 Å². The number of nitrogens with two attached hydrogens (primary N) is 1. The van der Waals surface area contributed by atoms with Gasteiger partial charge in [0.2, 0.25) is 0 Å². The van der Waals surface area contributed by atoms with Crippen LogP contribution in [-0.4, -0.2) is 12.5 Å².